The van der Waals surface area contributed by atoms with Gasteiger partial charge in [-0.25, -0.2) is 5.26 Å². The maximum atomic E-state index is 8.39. The van der Waals surface area contributed by atoms with Crippen LogP contribution < -0.4 is 28.3 Å². The van der Waals surface area contributed by atoms with Crippen LogP contribution in [0.25, 0.3) is 0 Å². The molecule has 3 nitrogen and oxygen atoms in total. The van der Waals surface area contributed by atoms with E-state index in [0.717, 1.165) is 11.3 Å². The molecule has 0 radical (unpaired) electrons. The van der Waals surface area contributed by atoms with Crippen molar-refractivity contribution in [2.75, 3.05) is 6.79 Å². The Kier molecular flexibility index (Phi) is 3.14. The van der Waals surface area contributed by atoms with Crippen LogP contribution >= 0.6 is 0 Å². The Morgan fingerprint density at radius 2 is 2.08 bits per heavy atom. The average Bonchev–Trinajstić information content (AvgIpc) is 2.51. The predicted octanol–water partition coefficient (Wildman–Crippen LogP) is -1.50. The molecule has 0 aromatic heterocycles. The van der Waals surface area contributed by atoms with Crippen LogP contribution in [0.5, 0.6) is 11.5 Å². The number of nitriles is 1. The molecule has 1 aromatic carbocycles. The SMILES string of the molecule is N#C[CH-]c1ccc2c(c1)OCO2.[Li+]. The molecule has 1 heterocycles. The van der Waals surface area contributed by atoms with Crippen LogP contribution in [-0.4, -0.2) is 6.79 Å². The second-order valence-corrected chi connectivity index (χ2v) is 2.39. The number of benzene rings is 1. The fourth-order valence-electron chi connectivity index (χ4n) is 1.08. The first-order valence-corrected chi connectivity index (χ1v) is 3.52. The molecule has 1 aliphatic heterocycles. The molecule has 0 bridgehead atoms. The summed E-state index contributed by atoms with van der Waals surface area (Å²) in [6, 6.07) is 7.35. The summed E-state index contributed by atoms with van der Waals surface area (Å²) in [5, 5.41) is 8.39. The van der Waals surface area contributed by atoms with E-state index in [2.05, 4.69) is 0 Å². The third-order valence-corrected chi connectivity index (χ3v) is 1.63. The molecule has 13 heavy (non-hydrogen) atoms. The summed E-state index contributed by atoms with van der Waals surface area (Å²) in [4.78, 5) is 0. The minimum atomic E-state index is 0. The second kappa shape index (κ2) is 4.14. The Bertz CT molecular complexity index is 346. The molecule has 0 atom stereocenters. The predicted molar refractivity (Wildman–Crippen MR) is 41.6 cm³/mol. The van der Waals surface area contributed by atoms with Gasteiger partial charge in [-0.2, -0.15) is 11.6 Å². The monoisotopic (exact) mass is 167 g/mol. The van der Waals surface area contributed by atoms with Gasteiger partial charge in [0, 0.05) is 6.07 Å². The molecule has 0 spiro atoms. The maximum absolute atomic E-state index is 8.39. The first-order valence-electron chi connectivity index (χ1n) is 3.52. The summed E-state index contributed by atoms with van der Waals surface area (Å²) < 4.78 is 10.2. The third kappa shape index (κ3) is 1.92. The fourth-order valence-corrected chi connectivity index (χ4v) is 1.08. The normalized spacial score (nSPS) is 11.3. The Morgan fingerprint density at radius 3 is 2.85 bits per heavy atom. The molecule has 2 rings (SSSR count). The van der Waals surface area contributed by atoms with E-state index in [1.807, 2.05) is 12.1 Å². The van der Waals surface area contributed by atoms with Gasteiger partial charge >= 0.3 is 18.9 Å². The summed E-state index contributed by atoms with van der Waals surface area (Å²) in [5.41, 5.74) is 0.835. The standard InChI is InChI=1S/C9H6NO2.Li/c10-4-3-7-1-2-8-9(5-7)12-6-11-8;/h1-3,5H,6H2;/q-1;+1. The van der Waals surface area contributed by atoms with E-state index >= 15 is 0 Å². The number of nitrogens with zero attached hydrogens (tertiary/aromatic N) is 1. The zero-order valence-electron chi connectivity index (χ0n) is 7.28. The number of rotatable bonds is 1. The van der Waals surface area contributed by atoms with E-state index in [4.69, 9.17) is 14.7 Å². The van der Waals surface area contributed by atoms with E-state index in [-0.39, 0.29) is 25.7 Å². The summed E-state index contributed by atoms with van der Waals surface area (Å²) in [6.07, 6.45) is 1.46. The Hall–Kier alpha value is -1.22. The van der Waals surface area contributed by atoms with Crippen LogP contribution in [0.4, 0.5) is 0 Å². The molecule has 0 fully saturated rings. The van der Waals surface area contributed by atoms with Gasteiger partial charge in [-0.05, 0) is 0 Å². The fraction of sp³-hybridized carbons (Fsp3) is 0.111. The van der Waals surface area contributed by atoms with Crippen molar-refractivity contribution in [3.8, 4) is 17.6 Å². The van der Waals surface area contributed by atoms with Crippen LogP contribution in [-0.2, 0) is 0 Å². The largest absolute Gasteiger partial charge is 1.00 e. The van der Waals surface area contributed by atoms with E-state index in [0.29, 0.717) is 5.75 Å². The van der Waals surface area contributed by atoms with Gasteiger partial charge in [0.2, 0.25) is 6.79 Å². The Morgan fingerprint density at radius 1 is 1.31 bits per heavy atom. The topological polar surface area (TPSA) is 42.2 Å². The van der Waals surface area contributed by atoms with Crippen molar-refractivity contribution in [2.45, 2.75) is 0 Å². The van der Waals surface area contributed by atoms with Gasteiger partial charge in [0.25, 0.3) is 0 Å². The summed E-state index contributed by atoms with van der Waals surface area (Å²) in [6.45, 7) is 0.269. The van der Waals surface area contributed by atoms with Gasteiger partial charge in [-0.15, -0.1) is 6.07 Å². The maximum Gasteiger partial charge on any atom is 1.00 e. The quantitative estimate of drug-likeness (QED) is 0.377. The van der Waals surface area contributed by atoms with Crippen LogP contribution in [0.2, 0.25) is 0 Å². The Labute approximate surface area is 88.4 Å². The minimum Gasteiger partial charge on any atom is -0.467 e. The second-order valence-electron chi connectivity index (χ2n) is 2.39. The summed E-state index contributed by atoms with van der Waals surface area (Å²) in [7, 11) is 0. The van der Waals surface area contributed by atoms with Crippen molar-refractivity contribution in [2.24, 2.45) is 0 Å². The zero-order valence-corrected chi connectivity index (χ0v) is 7.28. The number of ether oxygens (including phenoxy) is 2. The van der Waals surface area contributed by atoms with E-state index in [9.17, 15) is 0 Å². The molecule has 0 aliphatic carbocycles. The van der Waals surface area contributed by atoms with Gasteiger partial charge in [-0.3, -0.25) is 0 Å². The van der Waals surface area contributed by atoms with Crippen molar-refractivity contribution >= 4 is 0 Å². The van der Waals surface area contributed by atoms with Gasteiger partial charge in [0.1, 0.15) is 11.5 Å². The minimum absolute atomic E-state index is 0. The summed E-state index contributed by atoms with van der Waals surface area (Å²) >= 11 is 0. The molecule has 0 N–H and O–H groups in total. The molecular weight excluding hydrogens is 161 g/mol. The van der Waals surface area contributed by atoms with Gasteiger partial charge in [0.05, 0.1) is 0 Å². The first-order chi connectivity index (χ1) is 5.90. The molecular formula is C9H6LiNO2. The van der Waals surface area contributed by atoms with E-state index < -0.39 is 0 Å². The molecule has 0 amide bonds. The van der Waals surface area contributed by atoms with Crippen LogP contribution in [0, 0.1) is 17.8 Å². The molecule has 0 saturated heterocycles. The van der Waals surface area contributed by atoms with Gasteiger partial charge in [0.15, 0.2) is 0 Å². The van der Waals surface area contributed by atoms with Crippen molar-refractivity contribution in [3.05, 3.63) is 30.2 Å². The molecule has 4 heteroatoms. The van der Waals surface area contributed by atoms with Crippen molar-refractivity contribution < 1.29 is 28.3 Å². The van der Waals surface area contributed by atoms with E-state index in [1.54, 1.807) is 12.1 Å². The van der Waals surface area contributed by atoms with E-state index in [1.165, 1.54) is 6.42 Å². The zero-order chi connectivity index (χ0) is 8.39. The van der Waals surface area contributed by atoms with Crippen LogP contribution in [0.15, 0.2) is 18.2 Å². The number of fused-ring (bicyclic) bond motifs is 1. The Balaban J connectivity index is 0.000000845. The van der Waals surface area contributed by atoms with Crippen LogP contribution in [0.1, 0.15) is 5.56 Å². The third-order valence-electron chi connectivity index (χ3n) is 1.63. The van der Waals surface area contributed by atoms with Crippen LogP contribution in [0.3, 0.4) is 0 Å². The summed E-state index contributed by atoms with van der Waals surface area (Å²) in [5.74, 6) is 1.45. The molecule has 1 aliphatic rings. The van der Waals surface area contributed by atoms with Gasteiger partial charge in [-0.1, -0.05) is 12.5 Å². The molecule has 1 aromatic rings. The molecule has 0 saturated carbocycles. The molecule has 60 valence electrons. The van der Waals surface area contributed by atoms with Crippen molar-refractivity contribution in [1.82, 2.24) is 0 Å². The number of hydrogen-bond donors (Lipinski definition) is 0. The van der Waals surface area contributed by atoms with Crippen molar-refractivity contribution in [1.29, 1.82) is 5.26 Å². The van der Waals surface area contributed by atoms with Crippen molar-refractivity contribution in [3.63, 3.8) is 0 Å². The number of hydrogen-bond acceptors (Lipinski definition) is 3. The molecule has 0 unspecified atom stereocenters. The first kappa shape index (κ1) is 9.86. The average molecular weight is 167 g/mol. The van der Waals surface area contributed by atoms with Gasteiger partial charge < -0.3 is 9.47 Å². The smallest absolute Gasteiger partial charge is 0.467 e.